The lowest BCUT2D eigenvalue weighted by atomic mass is 10.1. The van der Waals surface area contributed by atoms with Crippen molar-refractivity contribution in [2.45, 2.75) is 25.5 Å². The van der Waals surface area contributed by atoms with Gasteiger partial charge in [0.2, 0.25) is 0 Å². The number of nitrogens with zero attached hydrogens (tertiary/aromatic N) is 2. The van der Waals surface area contributed by atoms with Crippen LogP contribution < -0.4 is 10.1 Å². The van der Waals surface area contributed by atoms with Crippen molar-refractivity contribution in [3.8, 4) is 5.75 Å². The fraction of sp³-hybridized carbons (Fsp3) is 0.647. The molecule has 0 spiro atoms. The second kappa shape index (κ2) is 7.25. The summed E-state index contributed by atoms with van der Waals surface area (Å²) in [6.07, 6.45) is 2.76. The number of likely N-dealkylation sites (tertiary alicyclic amines) is 1. The molecule has 0 aliphatic carbocycles. The SMILES string of the molecule is CN1CCCC(Oc2cccc(CN3CCNCC3)c2)C1. The highest BCUT2D eigenvalue weighted by Gasteiger charge is 2.18. The molecule has 1 unspecified atom stereocenters. The molecule has 116 valence electrons. The molecule has 21 heavy (non-hydrogen) atoms. The van der Waals surface area contributed by atoms with Gasteiger partial charge >= 0.3 is 0 Å². The summed E-state index contributed by atoms with van der Waals surface area (Å²) < 4.78 is 6.18. The van der Waals surface area contributed by atoms with E-state index >= 15 is 0 Å². The Bertz CT molecular complexity index is 445. The van der Waals surface area contributed by atoms with Crippen LogP contribution in [0.25, 0.3) is 0 Å². The number of nitrogens with one attached hydrogen (secondary N) is 1. The minimum atomic E-state index is 0.346. The largest absolute Gasteiger partial charge is 0.489 e. The Morgan fingerprint density at radius 2 is 2.10 bits per heavy atom. The standard InChI is InChI=1S/C17H27N3O/c1-19-9-3-6-17(14-19)21-16-5-2-4-15(12-16)13-20-10-7-18-8-11-20/h2,4-5,12,17-18H,3,6-11,13-14H2,1H3. The zero-order valence-electron chi connectivity index (χ0n) is 13.1. The van der Waals surface area contributed by atoms with Gasteiger partial charge in [0, 0.05) is 39.3 Å². The molecular weight excluding hydrogens is 262 g/mol. The van der Waals surface area contributed by atoms with Crippen molar-refractivity contribution < 1.29 is 4.74 Å². The molecule has 0 bridgehead atoms. The lowest BCUT2D eigenvalue weighted by Gasteiger charge is -2.30. The van der Waals surface area contributed by atoms with Crippen molar-refractivity contribution in [1.82, 2.24) is 15.1 Å². The predicted octanol–water partition coefficient (Wildman–Crippen LogP) is 1.56. The van der Waals surface area contributed by atoms with E-state index in [1.54, 1.807) is 0 Å². The first-order chi connectivity index (χ1) is 10.3. The van der Waals surface area contributed by atoms with Crippen molar-refractivity contribution in [3.63, 3.8) is 0 Å². The summed E-state index contributed by atoms with van der Waals surface area (Å²) in [7, 11) is 2.18. The fourth-order valence-corrected chi connectivity index (χ4v) is 3.25. The predicted molar refractivity (Wildman–Crippen MR) is 85.7 cm³/mol. The first-order valence-electron chi connectivity index (χ1n) is 8.17. The van der Waals surface area contributed by atoms with Crippen molar-refractivity contribution >= 4 is 0 Å². The van der Waals surface area contributed by atoms with Crippen LogP contribution in [0.1, 0.15) is 18.4 Å². The minimum Gasteiger partial charge on any atom is -0.489 e. The van der Waals surface area contributed by atoms with Gasteiger partial charge in [-0.15, -0.1) is 0 Å². The Morgan fingerprint density at radius 3 is 2.90 bits per heavy atom. The van der Waals surface area contributed by atoms with Gasteiger partial charge in [0.05, 0.1) is 0 Å². The number of piperazine rings is 1. The quantitative estimate of drug-likeness (QED) is 0.910. The molecular formula is C17H27N3O. The molecule has 1 aromatic carbocycles. The molecule has 4 heteroatoms. The van der Waals surface area contributed by atoms with Crippen LogP contribution in [0, 0.1) is 0 Å². The average molecular weight is 289 g/mol. The molecule has 0 saturated carbocycles. The number of rotatable bonds is 4. The van der Waals surface area contributed by atoms with Crippen LogP contribution in [0.15, 0.2) is 24.3 Å². The van der Waals surface area contributed by atoms with Crippen molar-refractivity contribution in [3.05, 3.63) is 29.8 Å². The van der Waals surface area contributed by atoms with Crippen LogP contribution in [0.2, 0.25) is 0 Å². The lowest BCUT2D eigenvalue weighted by molar-refractivity contribution is 0.104. The van der Waals surface area contributed by atoms with Crippen LogP contribution in [0.5, 0.6) is 5.75 Å². The third kappa shape index (κ3) is 4.43. The van der Waals surface area contributed by atoms with Gasteiger partial charge in [-0.2, -0.15) is 0 Å². The molecule has 1 N–H and O–H groups in total. The van der Waals surface area contributed by atoms with Crippen molar-refractivity contribution in [1.29, 1.82) is 0 Å². The molecule has 2 aliphatic heterocycles. The van der Waals surface area contributed by atoms with E-state index in [4.69, 9.17) is 4.74 Å². The number of benzene rings is 1. The van der Waals surface area contributed by atoms with Gasteiger partial charge in [-0.05, 0) is 44.1 Å². The average Bonchev–Trinajstić information content (AvgIpc) is 2.49. The zero-order valence-corrected chi connectivity index (χ0v) is 13.1. The summed E-state index contributed by atoms with van der Waals surface area (Å²) in [5, 5.41) is 3.40. The summed E-state index contributed by atoms with van der Waals surface area (Å²) in [6, 6.07) is 8.65. The highest BCUT2D eigenvalue weighted by Crippen LogP contribution is 2.20. The van der Waals surface area contributed by atoms with Crippen LogP contribution >= 0.6 is 0 Å². The third-order valence-electron chi connectivity index (χ3n) is 4.40. The highest BCUT2D eigenvalue weighted by molar-refractivity contribution is 5.28. The normalized spacial score (nSPS) is 24.9. The number of likely N-dealkylation sites (N-methyl/N-ethyl adjacent to an activating group) is 1. The van der Waals surface area contributed by atoms with E-state index in [9.17, 15) is 0 Å². The van der Waals surface area contributed by atoms with Crippen LogP contribution in [-0.2, 0) is 6.54 Å². The van der Waals surface area contributed by atoms with E-state index in [0.29, 0.717) is 6.10 Å². The Morgan fingerprint density at radius 1 is 1.24 bits per heavy atom. The number of hydrogen-bond acceptors (Lipinski definition) is 4. The van der Waals surface area contributed by atoms with E-state index < -0.39 is 0 Å². The maximum absolute atomic E-state index is 6.18. The molecule has 2 heterocycles. The van der Waals surface area contributed by atoms with E-state index in [-0.39, 0.29) is 0 Å². The van der Waals surface area contributed by atoms with Gasteiger partial charge in [0.15, 0.2) is 0 Å². The highest BCUT2D eigenvalue weighted by atomic mass is 16.5. The van der Waals surface area contributed by atoms with Gasteiger partial charge in [0.25, 0.3) is 0 Å². The van der Waals surface area contributed by atoms with E-state index in [2.05, 4.69) is 46.4 Å². The van der Waals surface area contributed by atoms with Crippen LogP contribution in [0.4, 0.5) is 0 Å². The van der Waals surface area contributed by atoms with Gasteiger partial charge in [-0.25, -0.2) is 0 Å². The maximum Gasteiger partial charge on any atom is 0.120 e. The summed E-state index contributed by atoms with van der Waals surface area (Å²) in [5.74, 6) is 1.03. The second-order valence-corrected chi connectivity index (χ2v) is 6.32. The summed E-state index contributed by atoms with van der Waals surface area (Å²) >= 11 is 0. The molecule has 4 nitrogen and oxygen atoms in total. The Balaban J connectivity index is 1.57. The van der Waals surface area contributed by atoms with Crippen LogP contribution in [-0.4, -0.2) is 62.2 Å². The third-order valence-corrected chi connectivity index (χ3v) is 4.40. The maximum atomic E-state index is 6.18. The zero-order chi connectivity index (χ0) is 14.5. The number of piperidine rings is 1. The van der Waals surface area contributed by atoms with Gasteiger partial charge in [-0.3, -0.25) is 4.90 Å². The van der Waals surface area contributed by atoms with Crippen molar-refractivity contribution in [2.75, 3.05) is 46.3 Å². The fourth-order valence-electron chi connectivity index (χ4n) is 3.25. The molecule has 0 radical (unpaired) electrons. The van der Waals surface area contributed by atoms with Gasteiger partial charge in [-0.1, -0.05) is 12.1 Å². The Labute approximate surface area is 128 Å². The molecule has 0 aromatic heterocycles. The molecule has 1 aromatic rings. The van der Waals surface area contributed by atoms with E-state index in [1.807, 2.05) is 0 Å². The Kier molecular flexibility index (Phi) is 5.12. The topological polar surface area (TPSA) is 27.7 Å². The number of ether oxygens (including phenoxy) is 1. The summed E-state index contributed by atoms with van der Waals surface area (Å²) in [5.41, 5.74) is 1.36. The molecule has 0 amide bonds. The van der Waals surface area contributed by atoms with Gasteiger partial charge < -0.3 is 15.0 Å². The first-order valence-corrected chi connectivity index (χ1v) is 8.17. The van der Waals surface area contributed by atoms with Crippen LogP contribution in [0.3, 0.4) is 0 Å². The lowest BCUT2D eigenvalue weighted by Crippen LogP contribution is -2.42. The van der Waals surface area contributed by atoms with Gasteiger partial charge in [0.1, 0.15) is 11.9 Å². The van der Waals surface area contributed by atoms with Crippen molar-refractivity contribution in [2.24, 2.45) is 0 Å². The molecule has 2 fully saturated rings. The van der Waals surface area contributed by atoms with E-state index in [1.165, 1.54) is 24.9 Å². The molecule has 1 atom stereocenters. The molecule has 3 rings (SSSR count). The minimum absolute atomic E-state index is 0.346. The number of hydrogen-bond donors (Lipinski definition) is 1. The smallest absolute Gasteiger partial charge is 0.120 e. The molecule has 2 saturated heterocycles. The Hall–Kier alpha value is -1.10. The second-order valence-electron chi connectivity index (χ2n) is 6.32. The van der Waals surface area contributed by atoms with E-state index in [0.717, 1.165) is 45.0 Å². The monoisotopic (exact) mass is 289 g/mol. The first kappa shape index (κ1) is 14.8. The summed E-state index contributed by atoms with van der Waals surface area (Å²) in [6.45, 7) is 7.75. The summed E-state index contributed by atoms with van der Waals surface area (Å²) in [4.78, 5) is 4.86. The molecule has 2 aliphatic rings.